The molecule has 2 heterocycles. The van der Waals surface area contributed by atoms with E-state index in [2.05, 4.69) is 4.90 Å². The molecule has 2 aliphatic heterocycles. The largest absolute Gasteiger partial charge is 0.457 e. The van der Waals surface area contributed by atoms with Crippen LogP contribution in [0.4, 0.5) is 9.18 Å². The number of halogens is 1. The summed E-state index contributed by atoms with van der Waals surface area (Å²) in [7, 11) is 5.35. The number of hydrogen-bond donors (Lipinski definition) is 0. The van der Waals surface area contributed by atoms with E-state index < -0.39 is 6.09 Å². The van der Waals surface area contributed by atoms with Crippen LogP contribution in [0.2, 0.25) is 0 Å². The van der Waals surface area contributed by atoms with Crippen molar-refractivity contribution < 1.29 is 18.7 Å². The molecule has 6 heteroatoms. The SMILES string of the molecule is COC(=O)N1[C@@H](CN(C)C)C[C@@H]2c3ccccc3Oc3ccc(F)cc3[C@H]21. The Morgan fingerprint density at radius 1 is 1.22 bits per heavy atom. The maximum Gasteiger partial charge on any atom is 0.410 e. The van der Waals surface area contributed by atoms with Gasteiger partial charge in [-0.2, -0.15) is 0 Å². The van der Waals surface area contributed by atoms with Gasteiger partial charge in [0, 0.05) is 29.6 Å². The quantitative estimate of drug-likeness (QED) is 0.796. The fourth-order valence-corrected chi connectivity index (χ4v) is 4.41. The first kappa shape index (κ1) is 17.8. The molecular weight excluding hydrogens is 347 g/mol. The van der Waals surface area contributed by atoms with Crippen LogP contribution in [0.1, 0.15) is 29.5 Å². The highest BCUT2D eigenvalue weighted by molar-refractivity contribution is 5.70. The van der Waals surface area contributed by atoms with Crippen LogP contribution >= 0.6 is 0 Å². The van der Waals surface area contributed by atoms with Gasteiger partial charge in [-0.25, -0.2) is 9.18 Å². The second-order valence-corrected chi connectivity index (χ2v) is 7.40. The molecule has 2 aliphatic rings. The minimum Gasteiger partial charge on any atom is -0.457 e. The maximum absolute atomic E-state index is 14.1. The summed E-state index contributed by atoms with van der Waals surface area (Å²) in [6.07, 6.45) is 0.359. The van der Waals surface area contributed by atoms with E-state index in [0.29, 0.717) is 17.9 Å². The van der Waals surface area contributed by atoms with Gasteiger partial charge in [0.15, 0.2) is 0 Å². The minimum absolute atomic E-state index is 0.00769. The molecule has 5 nitrogen and oxygen atoms in total. The second-order valence-electron chi connectivity index (χ2n) is 7.40. The molecule has 4 rings (SSSR count). The number of likely N-dealkylation sites (tertiary alicyclic amines) is 1. The Morgan fingerprint density at radius 2 is 1.96 bits per heavy atom. The number of hydrogen-bond acceptors (Lipinski definition) is 4. The smallest absolute Gasteiger partial charge is 0.410 e. The molecule has 0 aromatic heterocycles. The molecule has 1 amide bonds. The summed E-state index contributed by atoms with van der Waals surface area (Å²) >= 11 is 0. The molecule has 0 radical (unpaired) electrons. The fourth-order valence-electron chi connectivity index (χ4n) is 4.41. The summed E-state index contributed by atoms with van der Waals surface area (Å²) in [5.74, 6) is 1.00. The van der Waals surface area contributed by atoms with Crippen LogP contribution in [-0.2, 0) is 4.74 Å². The van der Waals surface area contributed by atoms with Crippen molar-refractivity contribution in [1.29, 1.82) is 0 Å². The molecule has 27 heavy (non-hydrogen) atoms. The third-order valence-electron chi connectivity index (χ3n) is 5.39. The Labute approximate surface area is 158 Å². The van der Waals surface area contributed by atoms with Crippen LogP contribution in [0.25, 0.3) is 0 Å². The molecular formula is C21H23FN2O3. The van der Waals surface area contributed by atoms with Crippen LogP contribution in [0.15, 0.2) is 42.5 Å². The predicted molar refractivity (Wildman–Crippen MR) is 99.6 cm³/mol. The van der Waals surface area contributed by atoms with E-state index in [-0.39, 0.29) is 23.8 Å². The van der Waals surface area contributed by atoms with Crippen LogP contribution < -0.4 is 4.74 Å². The van der Waals surface area contributed by atoms with Gasteiger partial charge in [0.2, 0.25) is 0 Å². The van der Waals surface area contributed by atoms with Gasteiger partial charge in [0.25, 0.3) is 0 Å². The van der Waals surface area contributed by atoms with E-state index in [9.17, 15) is 9.18 Å². The fraction of sp³-hybridized carbons (Fsp3) is 0.381. The van der Waals surface area contributed by atoms with Crippen molar-refractivity contribution in [2.75, 3.05) is 27.7 Å². The van der Waals surface area contributed by atoms with Crippen molar-refractivity contribution in [3.05, 3.63) is 59.4 Å². The highest BCUT2D eigenvalue weighted by Crippen LogP contribution is 2.54. The van der Waals surface area contributed by atoms with E-state index in [1.165, 1.54) is 19.2 Å². The summed E-state index contributed by atoms with van der Waals surface area (Å²) < 4.78 is 25.4. The lowest BCUT2D eigenvalue weighted by molar-refractivity contribution is 0.0945. The molecule has 0 spiro atoms. The first-order chi connectivity index (χ1) is 13.0. The summed E-state index contributed by atoms with van der Waals surface area (Å²) in [6, 6.07) is 12.0. The average Bonchev–Trinajstić information content (AvgIpc) is 2.94. The number of nitrogens with zero attached hydrogens (tertiary/aromatic N) is 2. The van der Waals surface area contributed by atoms with Gasteiger partial charge in [0.05, 0.1) is 13.2 Å². The zero-order chi connectivity index (χ0) is 19.1. The lowest BCUT2D eigenvalue weighted by Crippen LogP contribution is -2.42. The lowest BCUT2D eigenvalue weighted by Gasteiger charge is -2.31. The van der Waals surface area contributed by atoms with Gasteiger partial charge < -0.3 is 14.4 Å². The minimum atomic E-state index is -0.399. The zero-order valence-corrected chi connectivity index (χ0v) is 15.7. The van der Waals surface area contributed by atoms with Crippen LogP contribution in [0.5, 0.6) is 11.5 Å². The Bertz CT molecular complexity index is 870. The number of carbonyl (C=O) groups is 1. The third-order valence-corrected chi connectivity index (χ3v) is 5.39. The summed E-state index contributed by atoms with van der Waals surface area (Å²) in [6.45, 7) is 0.704. The van der Waals surface area contributed by atoms with Gasteiger partial charge in [0.1, 0.15) is 17.3 Å². The number of rotatable bonds is 2. The Hall–Kier alpha value is -2.60. The van der Waals surface area contributed by atoms with E-state index >= 15 is 0 Å². The molecule has 0 bridgehead atoms. The van der Waals surface area contributed by atoms with Crippen LogP contribution in [-0.4, -0.2) is 49.7 Å². The molecule has 0 saturated carbocycles. The van der Waals surface area contributed by atoms with Gasteiger partial charge in [-0.1, -0.05) is 18.2 Å². The number of para-hydroxylation sites is 1. The third kappa shape index (κ3) is 3.04. The van der Waals surface area contributed by atoms with Crippen LogP contribution in [0.3, 0.4) is 0 Å². The van der Waals surface area contributed by atoms with Crippen molar-refractivity contribution in [1.82, 2.24) is 9.80 Å². The Morgan fingerprint density at radius 3 is 2.70 bits per heavy atom. The molecule has 0 unspecified atom stereocenters. The molecule has 1 fully saturated rings. The van der Waals surface area contributed by atoms with Gasteiger partial charge in [-0.05, 0) is 44.8 Å². The molecule has 3 atom stereocenters. The number of likely N-dealkylation sites (N-methyl/N-ethyl adjacent to an activating group) is 1. The standard InChI is InChI=1S/C21H23FN2O3/c1-23(2)12-14-11-16-15-6-4-5-7-18(15)27-19-9-8-13(22)10-17(19)20(16)24(14)21(25)26-3/h4-10,14,16,20H,11-12H2,1-3H3/t14-,16-,20+/m1/s1. The van der Waals surface area contributed by atoms with Crippen molar-refractivity contribution in [2.45, 2.75) is 24.4 Å². The zero-order valence-electron chi connectivity index (χ0n) is 15.7. The lowest BCUT2D eigenvalue weighted by atomic mass is 9.87. The normalized spacial score (nSPS) is 23.1. The van der Waals surface area contributed by atoms with Crippen molar-refractivity contribution in [2.24, 2.45) is 0 Å². The highest BCUT2D eigenvalue weighted by Gasteiger charge is 2.48. The first-order valence-electron chi connectivity index (χ1n) is 9.07. The molecule has 0 N–H and O–H groups in total. The van der Waals surface area contributed by atoms with Crippen molar-refractivity contribution in [3.8, 4) is 11.5 Å². The molecule has 1 saturated heterocycles. The number of fused-ring (bicyclic) bond motifs is 5. The molecule has 0 aliphatic carbocycles. The van der Waals surface area contributed by atoms with E-state index in [4.69, 9.17) is 9.47 Å². The van der Waals surface area contributed by atoms with Gasteiger partial charge >= 0.3 is 6.09 Å². The van der Waals surface area contributed by atoms with E-state index in [0.717, 1.165) is 17.7 Å². The molecule has 2 aromatic rings. The van der Waals surface area contributed by atoms with Gasteiger partial charge in [-0.15, -0.1) is 0 Å². The average molecular weight is 370 g/mol. The summed E-state index contributed by atoms with van der Waals surface area (Å²) in [4.78, 5) is 16.5. The highest BCUT2D eigenvalue weighted by atomic mass is 19.1. The maximum atomic E-state index is 14.1. The topological polar surface area (TPSA) is 42.0 Å². The van der Waals surface area contributed by atoms with Crippen molar-refractivity contribution >= 4 is 6.09 Å². The molecule has 142 valence electrons. The summed E-state index contributed by atoms with van der Waals surface area (Å²) in [5.41, 5.74) is 1.72. The van der Waals surface area contributed by atoms with Gasteiger partial charge in [-0.3, -0.25) is 4.90 Å². The number of benzene rings is 2. The van der Waals surface area contributed by atoms with Crippen LogP contribution in [0, 0.1) is 5.82 Å². The second kappa shape index (κ2) is 6.85. The number of methoxy groups -OCH3 is 1. The molecule has 2 aromatic carbocycles. The van der Waals surface area contributed by atoms with E-state index in [1.807, 2.05) is 38.4 Å². The Balaban J connectivity index is 1.90. The number of amides is 1. The first-order valence-corrected chi connectivity index (χ1v) is 9.07. The summed E-state index contributed by atoms with van der Waals surface area (Å²) in [5, 5.41) is 0. The predicted octanol–water partition coefficient (Wildman–Crippen LogP) is 4.16. The van der Waals surface area contributed by atoms with Crippen molar-refractivity contribution in [3.63, 3.8) is 0 Å². The number of carbonyl (C=O) groups excluding carboxylic acids is 1. The Kier molecular flexibility index (Phi) is 4.52. The van der Waals surface area contributed by atoms with E-state index in [1.54, 1.807) is 11.0 Å². The monoisotopic (exact) mass is 370 g/mol. The number of ether oxygens (including phenoxy) is 2.